The maximum absolute atomic E-state index is 13.8. The number of benzene rings is 1. The van der Waals surface area contributed by atoms with Crippen LogP contribution in [0.25, 0.3) is 0 Å². The summed E-state index contributed by atoms with van der Waals surface area (Å²) in [6, 6.07) is 0.771. The monoisotopic (exact) mass is 447 g/mol. The molecular formula is C22H20F3N3O4. The van der Waals surface area contributed by atoms with Gasteiger partial charge in [0, 0.05) is 42.5 Å². The summed E-state index contributed by atoms with van der Waals surface area (Å²) in [5.74, 6) is -5.65. The number of carbonyl (C=O) groups is 2. The van der Waals surface area contributed by atoms with Gasteiger partial charge >= 0.3 is 0 Å². The summed E-state index contributed by atoms with van der Waals surface area (Å²) in [5, 5.41) is 12.8. The predicted octanol–water partition coefficient (Wildman–Crippen LogP) is 2.61. The Labute approximate surface area is 180 Å². The fourth-order valence-electron chi connectivity index (χ4n) is 4.90. The Kier molecular flexibility index (Phi) is 4.58. The second kappa shape index (κ2) is 7.11. The van der Waals surface area contributed by atoms with Crippen molar-refractivity contribution >= 4 is 11.8 Å². The summed E-state index contributed by atoms with van der Waals surface area (Å²) in [6.45, 7) is -0.196. The largest absolute Gasteiger partial charge is 0.503 e. The number of carbonyl (C=O) groups excluding carboxylic acids is 2. The summed E-state index contributed by atoms with van der Waals surface area (Å²) < 4.78 is 42.2. The van der Waals surface area contributed by atoms with Crippen molar-refractivity contribution < 1.29 is 27.9 Å². The van der Waals surface area contributed by atoms with E-state index in [1.54, 1.807) is 4.90 Å². The Balaban J connectivity index is 1.48. The van der Waals surface area contributed by atoms with Crippen molar-refractivity contribution in [3.05, 3.63) is 62.8 Å². The van der Waals surface area contributed by atoms with Crippen LogP contribution < -0.4 is 10.7 Å². The van der Waals surface area contributed by atoms with Crippen LogP contribution in [0.15, 0.2) is 23.1 Å². The second-order valence-corrected chi connectivity index (χ2v) is 8.69. The first-order valence-corrected chi connectivity index (χ1v) is 10.4. The van der Waals surface area contributed by atoms with E-state index in [2.05, 4.69) is 5.32 Å². The zero-order chi connectivity index (χ0) is 22.8. The van der Waals surface area contributed by atoms with Crippen molar-refractivity contribution in [2.75, 3.05) is 6.54 Å². The Morgan fingerprint density at radius 3 is 2.50 bits per heavy atom. The fourth-order valence-corrected chi connectivity index (χ4v) is 4.90. The Morgan fingerprint density at radius 1 is 1.16 bits per heavy atom. The molecule has 10 heteroatoms. The highest BCUT2D eigenvalue weighted by Gasteiger charge is 2.54. The van der Waals surface area contributed by atoms with Crippen LogP contribution in [0.4, 0.5) is 13.2 Å². The highest BCUT2D eigenvalue weighted by molar-refractivity contribution is 5.99. The zero-order valence-corrected chi connectivity index (χ0v) is 17.0. The molecule has 1 aromatic heterocycles. The maximum atomic E-state index is 13.8. The molecule has 168 valence electrons. The topological polar surface area (TPSA) is 91.6 Å². The standard InChI is InChI=1S/C22H20F3N3O4/c23-11-6-15(24)13(16(25)7-11)8-26-20(31)14-10-27-12-2-1-3-22(4-5-22)28(9-12)21(32)17(27)19(30)18(14)29/h6-7,10,12,30H,1-5,8-9H2,(H,26,31)/t12-/m0/s1. The van der Waals surface area contributed by atoms with Gasteiger partial charge in [0.15, 0.2) is 11.4 Å². The van der Waals surface area contributed by atoms with Crippen LogP contribution in [0.1, 0.15) is 64.6 Å². The van der Waals surface area contributed by atoms with Crippen LogP contribution in [0.5, 0.6) is 5.75 Å². The number of nitrogens with one attached hydrogen (secondary N) is 1. The third-order valence-corrected chi connectivity index (χ3v) is 6.80. The molecule has 1 atom stereocenters. The number of halogens is 3. The van der Waals surface area contributed by atoms with Crippen molar-refractivity contribution in [1.29, 1.82) is 0 Å². The molecule has 1 spiro atoms. The molecule has 3 aliphatic rings. The van der Waals surface area contributed by atoms with Crippen LogP contribution in [-0.2, 0) is 6.54 Å². The first kappa shape index (κ1) is 20.6. The van der Waals surface area contributed by atoms with Gasteiger partial charge in [0.25, 0.3) is 11.8 Å². The summed E-state index contributed by atoms with van der Waals surface area (Å²) in [7, 11) is 0. The van der Waals surface area contributed by atoms with Crippen LogP contribution in [0, 0.1) is 17.5 Å². The van der Waals surface area contributed by atoms with Gasteiger partial charge in [0.1, 0.15) is 23.0 Å². The van der Waals surface area contributed by atoms with Gasteiger partial charge in [-0.3, -0.25) is 14.4 Å². The molecule has 2 N–H and O–H groups in total. The van der Waals surface area contributed by atoms with Gasteiger partial charge in [-0.1, -0.05) is 0 Å². The number of nitrogens with zero attached hydrogens (tertiary/aromatic N) is 2. The quantitative estimate of drug-likeness (QED) is 0.757. The van der Waals surface area contributed by atoms with Gasteiger partial charge in [0.2, 0.25) is 5.43 Å². The molecule has 5 rings (SSSR count). The van der Waals surface area contributed by atoms with E-state index >= 15 is 0 Å². The van der Waals surface area contributed by atoms with Gasteiger partial charge < -0.3 is 19.9 Å². The number of aromatic nitrogens is 1. The van der Waals surface area contributed by atoms with Crippen molar-refractivity contribution in [1.82, 2.24) is 14.8 Å². The Morgan fingerprint density at radius 2 is 1.84 bits per heavy atom. The smallest absolute Gasteiger partial charge is 0.275 e. The molecule has 7 nitrogen and oxygen atoms in total. The molecule has 2 bridgehead atoms. The molecule has 0 unspecified atom stereocenters. The zero-order valence-electron chi connectivity index (χ0n) is 17.0. The van der Waals surface area contributed by atoms with E-state index in [-0.39, 0.29) is 17.3 Å². The Hall–Kier alpha value is -3.30. The van der Waals surface area contributed by atoms with Crippen LogP contribution in [-0.4, -0.2) is 38.5 Å². The molecule has 32 heavy (non-hydrogen) atoms. The van der Waals surface area contributed by atoms with Crippen molar-refractivity contribution in [3.8, 4) is 5.75 Å². The molecule has 2 amide bonds. The molecule has 1 saturated heterocycles. The molecular weight excluding hydrogens is 427 g/mol. The molecule has 2 aliphatic heterocycles. The summed E-state index contributed by atoms with van der Waals surface area (Å²) >= 11 is 0. The molecule has 1 aliphatic carbocycles. The molecule has 3 heterocycles. The van der Waals surface area contributed by atoms with Crippen molar-refractivity contribution in [2.45, 2.75) is 50.2 Å². The third-order valence-electron chi connectivity index (χ3n) is 6.80. The lowest BCUT2D eigenvalue weighted by Gasteiger charge is -2.38. The van der Waals surface area contributed by atoms with E-state index in [0.717, 1.165) is 25.7 Å². The third kappa shape index (κ3) is 3.08. The fraction of sp³-hybridized carbons (Fsp3) is 0.409. The molecule has 0 radical (unpaired) electrons. The number of hydrogen-bond donors (Lipinski definition) is 2. The molecule has 1 saturated carbocycles. The SMILES string of the molecule is O=C(NCc1c(F)cc(F)cc1F)c1cn2c(c(O)c1=O)C(=O)N1C[C@@H]2CCCC12CC2. The average Bonchev–Trinajstić information content (AvgIpc) is 3.53. The minimum atomic E-state index is -1.18. The number of amides is 2. The number of pyridine rings is 1. The molecule has 2 fully saturated rings. The summed E-state index contributed by atoms with van der Waals surface area (Å²) in [5.41, 5.74) is -2.37. The molecule has 2 aromatic rings. The van der Waals surface area contributed by atoms with Crippen molar-refractivity contribution in [3.63, 3.8) is 0 Å². The van der Waals surface area contributed by atoms with E-state index in [0.29, 0.717) is 25.1 Å². The highest BCUT2D eigenvalue weighted by atomic mass is 19.1. The normalized spacial score (nSPS) is 20.7. The minimum Gasteiger partial charge on any atom is -0.503 e. The highest BCUT2D eigenvalue weighted by Crippen LogP contribution is 2.51. The Bertz CT molecular complexity index is 1200. The lowest BCUT2D eigenvalue weighted by atomic mass is 10.1. The first-order valence-electron chi connectivity index (χ1n) is 10.4. The van der Waals surface area contributed by atoms with Crippen molar-refractivity contribution in [2.24, 2.45) is 0 Å². The van der Waals surface area contributed by atoms with E-state index < -0.39 is 58.1 Å². The second-order valence-electron chi connectivity index (χ2n) is 8.69. The summed E-state index contributed by atoms with van der Waals surface area (Å²) in [4.78, 5) is 40.2. The van der Waals surface area contributed by atoms with E-state index in [1.165, 1.54) is 10.8 Å². The minimum absolute atomic E-state index is 0.133. The average molecular weight is 447 g/mol. The van der Waals surface area contributed by atoms with Gasteiger partial charge in [-0.25, -0.2) is 13.2 Å². The van der Waals surface area contributed by atoms with Crippen LogP contribution in [0.2, 0.25) is 0 Å². The van der Waals surface area contributed by atoms with Crippen LogP contribution in [0.3, 0.4) is 0 Å². The van der Waals surface area contributed by atoms with E-state index in [9.17, 15) is 32.7 Å². The lowest BCUT2D eigenvalue weighted by Crippen LogP contribution is -2.49. The lowest BCUT2D eigenvalue weighted by molar-refractivity contribution is 0.0556. The maximum Gasteiger partial charge on any atom is 0.275 e. The van der Waals surface area contributed by atoms with Gasteiger partial charge in [-0.15, -0.1) is 0 Å². The van der Waals surface area contributed by atoms with E-state index in [1.807, 2.05) is 0 Å². The first-order chi connectivity index (χ1) is 15.2. The number of aromatic hydroxyl groups is 1. The number of fused-ring (bicyclic) bond motifs is 5. The van der Waals surface area contributed by atoms with Gasteiger partial charge in [-0.2, -0.15) is 0 Å². The van der Waals surface area contributed by atoms with Gasteiger partial charge in [-0.05, 0) is 32.1 Å². The number of hydrogen-bond acceptors (Lipinski definition) is 4. The van der Waals surface area contributed by atoms with E-state index in [4.69, 9.17) is 0 Å². The number of rotatable bonds is 3. The summed E-state index contributed by atoms with van der Waals surface area (Å²) in [6.07, 6.45) is 5.46. The van der Waals surface area contributed by atoms with Gasteiger partial charge in [0.05, 0.1) is 6.04 Å². The predicted molar refractivity (Wildman–Crippen MR) is 106 cm³/mol. The molecule has 1 aromatic carbocycles. The van der Waals surface area contributed by atoms with Crippen LogP contribution >= 0.6 is 0 Å².